The second-order valence-electron chi connectivity index (χ2n) is 3.83. The van der Waals surface area contributed by atoms with E-state index in [-0.39, 0.29) is 6.04 Å². The van der Waals surface area contributed by atoms with E-state index in [0.29, 0.717) is 6.54 Å². The summed E-state index contributed by atoms with van der Waals surface area (Å²) in [5, 5.41) is 0. The van der Waals surface area contributed by atoms with Crippen molar-refractivity contribution in [2.75, 3.05) is 20.6 Å². The van der Waals surface area contributed by atoms with Gasteiger partial charge in [0.2, 0.25) is 0 Å². The Morgan fingerprint density at radius 2 is 1.69 bits per heavy atom. The Morgan fingerprint density at radius 1 is 1.19 bits per heavy atom. The number of halogens is 3. The zero-order valence-electron chi connectivity index (χ0n) is 9.25. The lowest BCUT2D eigenvalue weighted by Gasteiger charge is -2.23. The highest BCUT2D eigenvalue weighted by molar-refractivity contribution is 5.27. The third-order valence-corrected chi connectivity index (χ3v) is 2.47. The lowest BCUT2D eigenvalue weighted by Crippen LogP contribution is -2.27. The molecule has 0 saturated heterocycles. The first-order valence-electron chi connectivity index (χ1n) is 4.90. The van der Waals surface area contributed by atoms with E-state index in [1.807, 2.05) is 19.0 Å². The molecule has 0 aromatic heterocycles. The third kappa shape index (κ3) is 2.96. The predicted octanol–water partition coefficient (Wildman–Crippen LogP) is 2.27. The van der Waals surface area contributed by atoms with E-state index >= 15 is 0 Å². The monoisotopic (exact) mass is 232 g/mol. The van der Waals surface area contributed by atoms with Crippen molar-refractivity contribution in [3.8, 4) is 0 Å². The Kier molecular flexibility index (Phi) is 3.93. The average molecular weight is 232 g/mol. The zero-order valence-corrected chi connectivity index (χ0v) is 9.25. The van der Waals surface area contributed by atoms with Gasteiger partial charge in [0.1, 0.15) is 0 Å². The molecule has 0 heterocycles. The number of nitrogens with two attached hydrogens (primary N) is 1. The first-order valence-corrected chi connectivity index (χ1v) is 4.90. The van der Waals surface area contributed by atoms with Crippen LogP contribution in [0.4, 0.5) is 13.2 Å². The smallest absolute Gasteiger partial charge is 0.329 e. The van der Waals surface area contributed by atoms with Crippen molar-refractivity contribution in [1.82, 2.24) is 4.90 Å². The number of hydrogen-bond acceptors (Lipinski definition) is 2. The summed E-state index contributed by atoms with van der Waals surface area (Å²) in [6.45, 7) is 0.373. The molecule has 16 heavy (non-hydrogen) atoms. The molecule has 1 aromatic carbocycles. The van der Waals surface area contributed by atoms with Crippen LogP contribution in [0.15, 0.2) is 24.3 Å². The largest absolute Gasteiger partial charge is 0.416 e. The van der Waals surface area contributed by atoms with Gasteiger partial charge >= 0.3 is 6.18 Å². The van der Waals surface area contributed by atoms with Gasteiger partial charge in [-0.15, -0.1) is 0 Å². The first-order chi connectivity index (χ1) is 7.36. The molecule has 0 radical (unpaired) electrons. The lowest BCUT2D eigenvalue weighted by molar-refractivity contribution is -0.137. The highest BCUT2D eigenvalue weighted by atomic mass is 19.4. The van der Waals surface area contributed by atoms with Crippen LogP contribution in [0.3, 0.4) is 0 Å². The van der Waals surface area contributed by atoms with Gasteiger partial charge in [-0.3, -0.25) is 0 Å². The fourth-order valence-electron chi connectivity index (χ4n) is 1.54. The molecule has 1 aromatic rings. The van der Waals surface area contributed by atoms with Crippen molar-refractivity contribution >= 4 is 0 Å². The van der Waals surface area contributed by atoms with Crippen LogP contribution in [0.25, 0.3) is 0 Å². The molecule has 5 heteroatoms. The zero-order chi connectivity index (χ0) is 12.3. The number of likely N-dealkylation sites (N-methyl/N-ethyl adjacent to an activating group) is 1. The van der Waals surface area contributed by atoms with E-state index < -0.39 is 11.7 Å². The highest BCUT2D eigenvalue weighted by Crippen LogP contribution is 2.30. The lowest BCUT2D eigenvalue weighted by atomic mass is 10.0. The van der Waals surface area contributed by atoms with Gasteiger partial charge in [0.05, 0.1) is 5.56 Å². The van der Waals surface area contributed by atoms with E-state index in [0.717, 1.165) is 17.7 Å². The second kappa shape index (κ2) is 4.84. The molecule has 0 aliphatic rings. The minimum Gasteiger partial charge on any atom is -0.329 e. The van der Waals surface area contributed by atoms with Crippen LogP contribution in [-0.2, 0) is 6.18 Å². The summed E-state index contributed by atoms with van der Waals surface area (Å²) in [4.78, 5) is 1.88. The van der Waals surface area contributed by atoms with E-state index in [1.54, 1.807) is 0 Å². The van der Waals surface area contributed by atoms with Gasteiger partial charge in [-0.1, -0.05) is 12.1 Å². The molecule has 90 valence electrons. The SMILES string of the molecule is CN(C)[C@@H](CN)c1ccc(C(F)(F)F)cc1. The van der Waals surface area contributed by atoms with Gasteiger partial charge in [-0.2, -0.15) is 13.2 Å². The summed E-state index contributed by atoms with van der Waals surface area (Å²) in [5.74, 6) is 0. The minimum absolute atomic E-state index is 0.0534. The van der Waals surface area contributed by atoms with Crippen LogP contribution in [-0.4, -0.2) is 25.5 Å². The topological polar surface area (TPSA) is 29.3 Å². The number of benzene rings is 1. The van der Waals surface area contributed by atoms with Gasteiger partial charge in [0.25, 0.3) is 0 Å². The Bertz CT molecular complexity index is 330. The molecule has 1 atom stereocenters. The van der Waals surface area contributed by atoms with Crippen molar-refractivity contribution in [3.05, 3.63) is 35.4 Å². The van der Waals surface area contributed by atoms with Crippen LogP contribution < -0.4 is 5.73 Å². The molecule has 1 rings (SSSR count). The second-order valence-corrected chi connectivity index (χ2v) is 3.83. The summed E-state index contributed by atoms with van der Waals surface area (Å²) in [5.41, 5.74) is 5.72. The van der Waals surface area contributed by atoms with Gasteiger partial charge in [-0.05, 0) is 31.8 Å². The highest BCUT2D eigenvalue weighted by Gasteiger charge is 2.30. The Hall–Kier alpha value is -1.07. The van der Waals surface area contributed by atoms with Gasteiger partial charge < -0.3 is 10.6 Å². The fourth-order valence-corrected chi connectivity index (χ4v) is 1.54. The number of hydrogen-bond donors (Lipinski definition) is 1. The number of nitrogens with zero attached hydrogens (tertiary/aromatic N) is 1. The summed E-state index contributed by atoms with van der Waals surface area (Å²) < 4.78 is 37.0. The molecular formula is C11H15F3N2. The van der Waals surface area contributed by atoms with Crippen molar-refractivity contribution in [2.24, 2.45) is 5.73 Å². The number of alkyl halides is 3. The van der Waals surface area contributed by atoms with Gasteiger partial charge in [0, 0.05) is 12.6 Å². The quantitative estimate of drug-likeness (QED) is 0.866. The van der Waals surface area contributed by atoms with Crippen LogP contribution in [0.5, 0.6) is 0 Å². The Balaban J connectivity index is 2.94. The van der Waals surface area contributed by atoms with Crippen LogP contribution in [0.2, 0.25) is 0 Å². The minimum atomic E-state index is -4.28. The molecule has 0 aliphatic carbocycles. The predicted molar refractivity (Wildman–Crippen MR) is 56.9 cm³/mol. The molecule has 2 nitrogen and oxygen atoms in total. The molecule has 0 aliphatic heterocycles. The fraction of sp³-hybridized carbons (Fsp3) is 0.455. The molecule has 0 amide bonds. The summed E-state index contributed by atoms with van der Waals surface area (Å²) >= 11 is 0. The normalized spacial score (nSPS) is 14.2. The van der Waals surface area contributed by atoms with Crippen molar-refractivity contribution < 1.29 is 13.2 Å². The molecule has 0 saturated carbocycles. The van der Waals surface area contributed by atoms with Crippen LogP contribution in [0, 0.1) is 0 Å². The van der Waals surface area contributed by atoms with E-state index in [4.69, 9.17) is 5.73 Å². The Labute approximate surface area is 92.9 Å². The molecule has 0 bridgehead atoms. The van der Waals surface area contributed by atoms with Crippen molar-refractivity contribution in [2.45, 2.75) is 12.2 Å². The standard InChI is InChI=1S/C11H15F3N2/c1-16(2)10(7-15)8-3-5-9(6-4-8)11(12,13)14/h3-6,10H,7,15H2,1-2H3/t10-/m0/s1. The maximum absolute atomic E-state index is 12.3. The summed E-state index contributed by atoms with van der Waals surface area (Å²) in [6, 6.07) is 5.06. The first kappa shape index (κ1) is 13.0. The summed E-state index contributed by atoms with van der Waals surface area (Å²) in [7, 11) is 3.68. The van der Waals surface area contributed by atoms with Crippen molar-refractivity contribution in [1.29, 1.82) is 0 Å². The van der Waals surface area contributed by atoms with Gasteiger partial charge in [0.15, 0.2) is 0 Å². The summed E-state index contributed by atoms with van der Waals surface area (Å²) in [6.07, 6.45) is -4.28. The molecule has 0 spiro atoms. The van der Waals surface area contributed by atoms with Crippen LogP contribution in [0.1, 0.15) is 17.2 Å². The van der Waals surface area contributed by atoms with E-state index in [9.17, 15) is 13.2 Å². The maximum Gasteiger partial charge on any atom is 0.416 e. The average Bonchev–Trinajstić information content (AvgIpc) is 2.17. The molecule has 2 N–H and O–H groups in total. The Morgan fingerprint density at radius 3 is 2.00 bits per heavy atom. The van der Waals surface area contributed by atoms with E-state index in [1.165, 1.54) is 12.1 Å². The molecule has 0 unspecified atom stereocenters. The number of rotatable bonds is 3. The molecular weight excluding hydrogens is 217 g/mol. The van der Waals surface area contributed by atoms with Crippen molar-refractivity contribution in [3.63, 3.8) is 0 Å². The molecule has 0 fully saturated rings. The third-order valence-electron chi connectivity index (χ3n) is 2.47. The van der Waals surface area contributed by atoms with E-state index in [2.05, 4.69) is 0 Å². The maximum atomic E-state index is 12.3. The van der Waals surface area contributed by atoms with Gasteiger partial charge in [-0.25, -0.2) is 0 Å². The van der Waals surface area contributed by atoms with Crippen LogP contribution >= 0.6 is 0 Å².